The van der Waals surface area contributed by atoms with Crippen LogP contribution in [0.25, 0.3) is 5.57 Å². The van der Waals surface area contributed by atoms with Crippen molar-refractivity contribution >= 4 is 51.7 Å². The van der Waals surface area contributed by atoms with Crippen molar-refractivity contribution < 1.29 is 14.3 Å². The predicted molar refractivity (Wildman–Crippen MR) is 174 cm³/mol. The molecule has 3 aromatic heterocycles. The number of amides is 2. The minimum Gasteiger partial charge on any atom is -0.481 e. The number of nitrogens with zero attached hydrogens (tertiary/aromatic N) is 6. The van der Waals surface area contributed by atoms with E-state index in [1.54, 1.807) is 35.2 Å². The molecule has 5 rings (SSSR count). The number of ether oxygens (including phenoxy) is 1. The lowest BCUT2D eigenvalue weighted by atomic mass is 10.1. The second kappa shape index (κ2) is 13.8. The molecule has 0 unspecified atom stereocenters. The molecule has 45 heavy (non-hydrogen) atoms. The number of methoxy groups -OCH3 is 1. The van der Waals surface area contributed by atoms with Crippen LogP contribution >= 0.6 is 11.3 Å². The van der Waals surface area contributed by atoms with Gasteiger partial charge in [-0.05, 0) is 62.2 Å². The molecule has 0 radical (unpaired) electrons. The molecule has 13 heteroatoms. The Hall–Kier alpha value is -4.93. The number of nitrogen functional groups attached to an aromatic ring is 1. The molecule has 5 heterocycles. The Kier molecular flexibility index (Phi) is 9.65. The third kappa shape index (κ3) is 6.92. The van der Waals surface area contributed by atoms with E-state index in [2.05, 4.69) is 9.97 Å². The third-order valence-corrected chi connectivity index (χ3v) is 9.24. The Bertz CT molecular complexity index is 1690. The maximum atomic E-state index is 13.7. The highest BCUT2D eigenvalue weighted by atomic mass is 32.1. The van der Waals surface area contributed by atoms with Gasteiger partial charge in [0.05, 0.1) is 35.8 Å². The zero-order valence-electron chi connectivity index (χ0n) is 25.2. The van der Waals surface area contributed by atoms with Gasteiger partial charge in [0, 0.05) is 48.9 Å². The second-order valence-electron chi connectivity index (χ2n) is 10.8. The van der Waals surface area contributed by atoms with Crippen LogP contribution in [0.5, 0.6) is 5.88 Å². The van der Waals surface area contributed by atoms with Gasteiger partial charge in [-0.3, -0.25) is 30.2 Å². The maximum absolute atomic E-state index is 13.7. The third-order valence-electron chi connectivity index (χ3n) is 8.06. The van der Waals surface area contributed by atoms with Crippen LogP contribution in [-0.4, -0.2) is 89.4 Å². The van der Waals surface area contributed by atoms with Gasteiger partial charge < -0.3 is 15.4 Å². The van der Waals surface area contributed by atoms with Crippen molar-refractivity contribution in [1.82, 2.24) is 19.8 Å². The van der Waals surface area contributed by atoms with E-state index in [0.717, 1.165) is 10.5 Å². The summed E-state index contributed by atoms with van der Waals surface area (Å²) in [7, 11) is 1.52. The Morgan fingerprint density at radius 1 is 1.20 bits per heavy atom. The van der Waals surface area contributed by atoms with Crippen LogP contribution in [0.2, 0.25) is 0 Å². The Balaban J connectivity index is 1.18. The SMILES string of the molecule is CCN(C(=O)[C@@H]1CCN(CC(=O)N2CC=C(c3ccc(C(=N)C#N)s3)CC2)C1)c1ccc(N)c(C(=N)c2ccc(OC)nc2)n1. The number of nitrogens with one attached hydrogen (secondary N) is 2. The summed E-state index contributed by atoms with van der Waals surface area (Å²) in [5, 5.41) is 25.4. The first kappa shape index (κ1) is 31.5. The molecule has 2 amide bonds. The fraction of sp³-hybridized carbons (Fsp3) is 0.344. The van der Waals surface area contributed by atoms with Gasteiger partial charge in [-0.15, -0.1) is 11.3 Å². The zero-order valence-corrected chi connectivity index (χ0v) is 26.1. The van der Waals surface area contributed by atoms with Crippen LogP contribution in [-0.2, 0) is 9.59 Å². The molecule has 3 aromatic rings. The molecular weight excluding hydrogens is 590 g/mol. The van der Waals surface area contributed by atoms with Crippen LogP contribution in [0.15, 0.2) is 48.7 Å². The highest BCUT2D eigenvalue weighted by molar-refractivity contribution is 7.15. The van der Waals surface area contributed by atoms with Crippen LogP contribution in [0, 0.1) is 28.1 Å². The minimum atomic E-state index is -0.279. The summed E-state index contributed by atoms with van der Waals surface area (Å²) in [6.45, 7) is 4.75. The van der Waals surface area contributed by atoms with E-state index in [1.807, 2.05) is 34.9 Å². The molecule has 12 nitrogen and oxygen atoms in total. The van der Waals surface area contributed by atoms with Crippen molar-refractivity contribution in [2.45, 2.75) is 19.8 Å². The number of pyridine rings is 2. The second-order valence-corrected chi connectivity index (χ2v) is 11.9. The summed E-state index contributed by atoms with van der Waals surface area (Å²) in [6.07, 6.45) is 4.91. The molecule has 1 fully saturated rings. The van der Waals surface area contributed by atoms with Crippen molar-refractivity contribution in [3.05, 3.63) is 69.7 Å². The average Bonchev–Trinajstić information content (AvgIpc) is 3.76. The fourth-order valence-corrected chi connectivity index (χ4v) is 6.51. The number of nitrogens with two attached hydrogens (primary N) is 1. The van der Waals surface area contributed by atoms with Crippen molar-refractivity contribution in [3.8, 4) is 11.9 Å². The maximum Gasteiger partial charge on any atom is 0.237 e. The monoisotopic (exact) mass is 625 g/mol. The van der Waals surface area contributed by atoms with Gasteiger partial charge in [0.2, 0.25) is 17.7 Å². The summed E-state index contributed by atoms with van der Waals surface area (Å²) in [4.78, 5) is 42.7. The van der Waals surface area contributed by atoms with Gasteiger partial charge in [0.15, 0.2) is 0 Å². The van der Waals surface area contributed by atoms with E-state index < -0.39 is 0 Å². The van der Waals surface area contributed by atoms with E-state index in [0.29, 0.717) is 73.4 Å². The van der Waals surface area contributed by atoms with E-state index in [1.165, 1.54) is 24.6 Å². The number of hydrogen-bond donors (Lipinski definition) is 3. The Morgan fingerprint density at radius 2 is 2.02 bits per heavy atom. The molecule has 1 saturated heterocycles. The smallest absolute Gasteiger partial charge is 0.237 e. The number of anilines is 2. The van der Waals surface area contributed by atoms with Crippen molar-refractivity contribution in [3.63, 3.8) is 0 Å². The largest absolute Gasteiger partial charge is 0.481 e. The predicted octanol–water partition coefficient (Wildman–Crippen LogP) is 3.43. The van der Waals surface area contributed by atoms with E-state index in [-0.39, 0.29) is 41.4 Å². The van der Waals surface area contributed by atoms with E-state index >= 15 is 0 Å². The van der Waals surface area contributed by atoms with E-state index in [9.17, 15) is 9.59 Å². The Labute approximate surface area is 265 Å². The van der Waals surface area contributed by atoms with Crippen LogP contribution < -0.4 is 15.4 Å². The molecule has 0 saturated carbocycles. The number of carbonyl (C=O) groups is 2. The Morgan fingerprint density at radius 3 is 2.69 bits per heavy atom. The summed E-state index contributed by atoms with van der Waals surface area (Å²) in [5.74, 6) is 0.534. The highest BCUT2D eigenvalue weighted by Crippen LogP contribution is 2.30. The normalized spacial score (nSPS) is 16.5. The summed E-state index contributed by atoms with van der Waals surface area (Å²) in [6, 6.07) is 12.3. The van der Waals surface area contributed by atoms with Crippen LogP contribution in [0.3, 0.4) is 0 Å². The topological polar surface area (TPSA) is 176 Å². The number of hydrogen-bond acceptors (Lipinski definition) is 11. The van der Waals surface area contributed by atoms with Crippen molar-refractivity contribution in [1.29, 1.82) is 16.1 Å². The first-order chi connectivity index (χ1) is 21.7. The van der Waals surface area contributed by atoms with Crippen molar-refractivity contribution in [2.24, 2.45) is 5.92 Å². The molecule has 2 aliphatic heterocycles. The molecule has 232 valence electrons. The van der Waals surface area contributed by atoms with Crippen molar-refractivity contribution in [2.75, 3.05) is 57.0 Å². The van der Waals surface area contributed by atoms with Crippen LogP contribution in [0.4, 0.5) is 11.5 Å². The molecule has 0 aromatic carbocycles. The van der Waals surface area contributed by atoms with Gasteiger partial charge in [-0.1, -0.05) is 6.08 Å². The van der Waals surface area contributed by atoms with Gasteiger partial charge >= 0.3 is 0 Å². The van der Waals surface area contributed by atoms with Gasteiger partial charge in [-0.2, -0.15) is 5.26 Å². The number of nitriles is 1. The van der Waals surface area contributed by atoms with Crippen LogP contribution in [0.1, 0.15) is 40.8 Å². The van der Waals surface area contributed by atoms with Gasteiger partial charge in [-0.25, -0.2) is 9.97 Å². The quantitative estimate of drug-likeness (QED) is 0.287. The molecule has 0 aliphatic carbocycles. The lowest BCUT2D eigenvalue weighted by Crippen LogP contribution is -2.42. The first-order valence-electron chi connectivity index (χ1n) is 14.7. The lowest BCUT2D eigenvalue weighted by molar-refractivity contribution is -0.132. The molecular formula is C32H35N9O3S. The number of carbonyl (C=O) groups excluding carboxylic acids is 2. The molecule has 0 bridgehead atoms. The summed E-state index contributed by atoms with van der Waals surface area (Å²) >= 11 is 1.43. The lowest BCUT2D eigenvalue weighted by Gasteiger charge is -2.28. The first-order valence-corrected chi connectivity index (χ1v) is 15.5. The number of likely N-dealkylation sites (tertiary alicyclic amines) is 1. The fourth-order valence-electron chi connectivity index (χ4n) is 5.54. The standard InChI is InChI=1S/C32H35N9O3S/c1-3-41(27-8-5-23(34)31(38-27)30(36)21-4-9-28(44-2)37-17-21)32(43)22-10-13-39(18-22)19-29(42)40-14-11-20(12-15-40)25-6-7-26(45-25)24(35)16-33/h4-9,11,17,22,35-36H,3,10,12-15,18-19,34H2,1-2H3/t22-/m1/s1. The van der Waals surface area contributed by atoms with Gasteiger partial charge in [0.25, 0.3) is 0 Å². The summed E-state index contributed by atoms with van der Waals surface area (Å²) < 4.78 is 5.10. The minimum absolute atomic E-state index is 0.0280. The van der Waals surface area contributed by atoms with Gasteiger partial charge in [0.1, 0.15) is 23.3 Å². The number of aromatic nitrogens is 2. The molecule has 1 atom stereocenters. The highest BCUT2D eigenvalue weighted by Gasteiger charge is 2.34. The number of rotatable bonds is 10. The molecule has 4 N–H and O–H groups in total. The molecule has 2 aliphatic rings. The average molecular weight is 626 g/mol. The molecule has 0 spiro atoms. The zero-order chi connectivity index (χ0) is 32.1. The number of thiophene rings is 1. The van der Waals surface area contributed by atoms with E-state index in [4.69, 9.17) is 26.6 Å². The summed E-state index contributed by atoms with van der Waals surface area (Å²) in [5.41, 5.74) is 8.49.